The van der Waals surface area contributed by atoms with E-state index in [0.717, 1.165) is 0 Å². The van der Waals surface area contributed by atoms with Crippen molar-refractivity contribution in [2.75, 3.05) is 6.61 Å². The summed E-state index contributed by atoms with van der Waals surface area (Å²) in [5, 5.41) is 8.59. The molecule has 78 valence electrons. The van der Waals surface area contributed by atoms with E-state index in [0.29, 0.717) is 0 Å². The minimum Gasteiger partial charge on any atom is -0.395 e. The maximum Gasteiger partial charge on any atom is 0.274 e. The third kappa shape index (κ3) is 2.75. The van der Waals surface area contributed by atoms with E-state index >= 15 is 0 Å². The lowest BCUT2D eigenvalue weighted by Crippen LogP contribution is -2.31. The summed E-state index contributed by atoms with van der Waals surface area (Å²) >= 11 is 0. The Kier molecular flexibility index (Phi) is 3.55. The van der Waals surface area contributed by atoms with Crippen LogP contribution in [0.1, 0.15) is 12.0 Å². The Morgan fingerprint density at radius 3 is 2.36 bits per heavy atom. The molecule has 1 aromatic carbocycles. The van der Waals surface area contributed by atoms with Crippen molar-refractivity contribution in [1.82, 2.24) is 0 Å². The number of nitrogens with two attached hydrogens (primary N) is 1. The van der Waals surface area contributed by atoms with Gasteiger partial charge in [-0.25, -0.2) is 8.78 Å². The third-order valence-corrected chi connectivity index (χ3v) is 1.95. The lowest BCUT2D eigenvalue weighted by Gasteiger charge is -2.19. The second-order valence-electron chi connectivity index (χ2n) is 3.22. The molecule has 0 bridgehead atoms. The van der Waals surface area contributed by atoms with Crippen molar-refractivity contribution in [2.24, 2.45) is 5.73 Å². The van der Waals surface area contributed by atoms with E-state index in [1.807, 2.05) is 0 Å². The van der Waals surface area contributed by atoms with E-state index < -0.39 is 25.0 Å². The van der Waals surface area contributed by atoms with Gasteiger partial charge in [0.05, 0.1) is 6.61 Å². The maximum atomic E-state index is 13.4. The van der Waals surface area contributed by atoms with E-state index in [9.17, 15) is 8.78 Å². The summed E-state index contributed by atoms with van der Waals surface area (Å²) in [6.07, 6.45) is -0.534. The first kappa shape index (κ1) is 11.1. The van der Waals surface area contributed by atoms with Crippen molar-refractivity contribution in [1.29, 1.82) is 0 Å². The summed E-state index contributed by atoms with van der Waals surface area (Å²) < 4.78 is 26.8. The second-order valence-corrected chi connectivity index (χ2v) is 3.22. The number of benzene rings is 1. The summed E-state index contributed by atoms with van der Waals surface area (Å²) in [5.41, 5.74) is 5.20. The van der Waals surface area contributed by atoms with Crippen LogP contribution in [0.15, 0.2) is 30.3 Å². The number of aliphatic hydroxyl groups is 1. The number of hydrogen-bond acceptors (Lipinski definition) is 2. The van der Waals surface area contributed by atoms with Crippen LogP contribution in [0.4, 0.5) is 8.78 Å². The van der Waals surface area contributed by atoms with Gasteiger partial charge in [0.1, 0.15) is 0 Å². The van der Waals surface area contributed by atoms with Crippen LogP contribution in [0.25, 0.3) is 0 Å². The summed E-state index contributed by atoms with van der Waals surface area (Å²) in [6.45, 7) is -0.428. The summed E-state index contributed by atoms with van der Waals surface area (Å²) in [7, 11) is 0. The van der Waals surface area contributed by atoms with E-state index in [1.165, 1.54) is 12.1 Å². The van der Waals surface area contributed by atoms with Gasteiger partial charge in [-0.15, -0.1) is 0 Å². The van der Waals surface area contributed by atoms with Crippen LogP contribution in [-0.2, 0) is 5.92 Å². The Balaban J connectivity index is 2.75. The quantitative estimate of drug-likeness (QED) is 0.775. The van der Waals surface area contributed by atoms with Crippen LogP contribution in [0, 0.1) is 0 Å². The van der Waals surface area contributed by atoms with Crippen molar-refractivity contribution in [3.8, 4) is 0 Å². The molecule has 14 heavy (non-hydrogen) atoms. The first-order valence-corrected chi connectivity index (χ1v) is 4.36. The van der Waals surface area contributed by atoms with Crippen molar-refractivity contribution >= 4 is 0 Å². The predicted octanol–water partition coefficient (Wildman–Crippen LogP) is 1.49. The van der Waals surface area contributed by atoms with E-state index in [4.69, 9.17) is 10.8 Å². The molecule has 1 rings (SSSR count). The Morgan fingerprint density at radius 2 is 1.86 bits per heavy atom. The average Bonchev–Trinajstić information content (AvgIpc) is 2.18. The van der Waals surface area contributed by atoms with Gasteiger partial charge in [0.25, 0.3) is 5.92 Å². The van der Waals surface area contributed by atoms with Gasteiger partial charge in [0.2, 0.25) is 0 Å². The standard InChI is InChI=1S/C10H13F2NO/c11-10(12,6-9(13)7-14)8-4-2-1-3-5-8/h1-5,9,14H,6-7,13H2. The molecule has 0 aromatic heterocycles. The molecule has 4 heteroatoms. The van der Waals surface area contributed by atoms with E-state index in [-0.39, 0.29) is 5.56 Å². The van der Waals surface area contributed by atoms with Crippen molar-refractivity contribution in [3.63, 3.8) is 0 Å². The van der Waals surface area contributed by atoms with Gasteiger partial charge >= 0.3 is 0 Å². The van der Waals surface area contributed by atoms with Gasteiger partial charge in [0.15, 0.2) is 0 Å². The zero-order valence-electron chi connectivity index (χ0n) is 7.66. The molecule has 3 N–H and O–H groups in total. The van der Waals surface area contributed by atoms with Gasteiger partial charge in [0, 0.05) is 18.0 Å². The number of hydrogen-bond donors (Lipinski definition) is 2. The Labute approximate surface area is 81.4 Å². The highest BCUT2D eigenvalue weighted by atomic mass is 19.3. The fraction of sp³-hybridized carbons (Fsp3) is 0.400. The zero-order valence-corrected chi connectivity index (χ0v) is 7.66. The molecule has 0 spiro atoms. The molecule has 2 nitrogen and oxygen atoms in total. The first-order chi connectivity index (χ1) is 6.56. The van der Waals surface area contributed by atoms with Gasteiger partial charge in [-0.05, 0) is 0 Å². The highest BCUT2D eigenvalue weighted by molar-refractivity contribution is 5.20. The molecular formula is C10H13F2NO. The van der Waals surface area contributed by atoms with Crippen LogP contribution < -0.4 is 5.73 Å². The van der Waals surface area contributed by atoms with E-state index in [2.05, 4.69) is 0 Å². The molecule has 0 aliphatic carbocycles. The molecule has 0 aliphatic rings. The minimum absolute atomic E-state index is 0.0658. The SMILES string of the molecule is NC(CO)CC(F)(F)c1ccccc1. The molecular weight excluding hydrogens is 188 g/mol. The summed E-state index contributed by atoms with van der Waals surface area (Å²) in [4.78, 5) is 0. The Hall–Kier alpha value is -1.00. The molecule has 1 unspecified atom stereocenters. The third-order valence-electron chi connectivity index (χ3n) is 1.95. The van der Waals surface area contributed by atoms with Gasteiger partial charge in [-0.2, -0.15) is 0 Å². The zero-order chi connectivity index (χ0) is 10.6. The van der Waals surface area contributed by atoms with E-state index in [1.54, 1.807) is 18.2 Å². The fourth-order valence-corrected chi connectivity index (χ4v) is 1.19. The van der Waals surface area contributed by atoms with Gasteiger partial charge in [-0.3, -0.25) is 0 Å². The topological polar surface area (TPSA) is 46.2 Å². The minimum atomic E-state index is -2.97. The predicted molar refractivity (Wildman–Crippen MR) is 50.0 cm³/mol. The molecule has 0 saturated heterocycles. The van der Waals surface area contributed by atoms with Crippen LogP contribution in [0.3, 0.4) is 0 Å². The van der Waals surface area contributed by atoms with Crippen LogP contribution in [-0.4, -0.2) is 17.8 Å². The molecule has 1 aromatic rings. The molecule has 0 amide bonds. The van der Waals surface area contributed by atoms with Gasteiger partial charge in [-0.1, -0.05) is 30.3 Å². The fourth-order valence-electron chi connectivity index (χ4n) is 1.19. The van der Waals surface area contributed by atoms with Crippen molar-refractivity contribution < 1.29 is 13.9 Å². The van der Waals surface area contributed by atoms with Crippen LogP contribution >= 0.6 is 0 Å². The normalized spacial score (nSPS) is 14.0. The first-order valence-electron chi connectivity index (χ1n) is 4.36. The van der Waals surface area contributed by atoms with Crippen molar-refractivity contribution in [3.05, 3.63) is 35.9 Å². The molecule has 0 fully saturated rings. The highest BCUT2D eigenvalue weighted by Crippen LogP contribution is 2.31. The largest absolute Gasteiger partial charge is 0.395 e. The monoisotopic (exact) mass is 201 g/mol. The number of rotatable bonds is 4. The highest BCUT2D eigenvalue weighted by Gasteiger charge is 2.33. The lowest BCUT2D eigenvalue weighted by molar-refractivity contribution is -0.0242. The van der Waals surface area contributed by atoms with Gasteiger partial charge < -0.3 is 10.8 Å². The number of halogens is 2. The molecule has 0 aliphatic heterocycles. The summed E-state index contributed by atoms with van der Waals surface area (Å²) in [5.74, 6) is -2.97. The lowest BCUT2D eigenvalue weighted by atomic mass is 10.0. The molecule has 0 saturated carbocycles. The Bertz CT molecular complexity index is 277. The molecule has 1 atom stereocenters. The van der Waals surface area contributed by atoms with Crippen molar-refractivity contribution in [2.45, 2.75) is 18.4 Å². The summed E-state index contributed by atoms with van der Waals surface area (Å²) in [6, 6.07) is 6.59. The smallest absolute Gasteiger partial charge is 0.274 e. The number of alkyl halides is 2. The van der Waals surface area contributed by atoms with Crippen LogP contribution in [0.2, 0.25) is 0 Å². The molecule has 0 heterocycles. The average molecular weight is 201 g/mol. The maximum absolute atomic E-state index is 13.4. The molecule has 0 radical (unpaired) electrons. The van der Waals surface area contributed by atoms with Crippen LogP contribution in [0.5, 0.6) is 0 Å². The Morgan fingerprint density at radius 1 is 1.29 bits per heavy atom. The second kappa shape index (κ2) is 4.48. The number of aliphatic hydroxyl groups excluding tert-OH is 1.